The van der Waals surface area contributed by atoms with Crippen molar-refractivity contribution in [1.82, 2.24) is 0 Å². The second kappa shape index (κ2) is 6.61. The summed E-state index contributed by atoms with van der Waals surface area (Å²) in [6.45, 7) is 5.12. The smallest absolute Gasteiger partial charge is 0.305 e. The average molecular weight is 363 g/mol. The van der Waals surface area contributed by atoms with Crippen molar-refractivity contribution in [2.24, 2.45) is 34.5 Å². The molecule has 7 atom stereocenters. The summed E-state index contributed by atoms with van der Waals surface area (Å²) in [5.41, 5.74) is 0.365. The van der Waals surface area contributed by atoms with Gasteiger partial charge in [0.05, 0.1) is 19.1 Å². The van der Waals surface area contributed by atoms with E-state index in [1.807, 2.05) is 0 Å². The lowest BCUT2D eigenvalue weighted by Crippen LogP contribution is -2.54. The molecule has 0 aromatic rings. The molecule has 0 saturated heterocycles. The minimum Gasteiger partial charge on any atom is -0.481 e. The minimum absolute atomic E-state index is 0.0263. The maximum atomic E-state index is 12.5. The normalized spacial score (nSPS) is 47.8. The number of ketones is 1. The van der Waals surface area contributed by atoms with Gasteiger partial charge in [-0.05, 0) is 80.5 Å². The second-order valence-corrected chi connectivity index (χ2v) is 9.99. The van der Waals surface area contributed by atoms with Gasteiger partial charge >= 0.3 is 5.97 Å². The summed E-state index contributed by atoms with van der Waals surface area (Å²) in [6, 6.07) is 0. The highest BCUT2D eigenvalue weighted by Crippen LogP contribution is 2.65. The fraction of sp³-hybridized carbons (Fsp3) is 0.909. The molecule has 4 saturated carbocycles. The van der Waals surface area contributed by atoms with E-state index in [1.165, 1.54) is 25.7 Å². The number of Topliss-reactive ketones (excluding diaryl/α,β-unsaturated/α-hetero) is 1. The number of hydrogen-bond donors (Lipinski definition) is 1. The Balaban J connectivity index is 1.44. The topological polar surface area (TPSA) is 63.6 Å². The Bertz CT molecular complexity index is 587. The van der Waals surface area contributed by atoms with E-state index in [-0.39, 0.29) is 17.9 Å². The van der Waals surface area contributed by atoms with Crippen LogP contribution in [-0.4, -0.2) is 29.6 Å². The summed E-state index contributed by atoms with van der Waals surface area (Å²) in [5, 5.41) is 8.81. The van der Waals surface area contributed by atoms with Crippen LogP contribution in [0.25, 0.3) is 0 Å². The zero-order chi connectivity index (χ0) is 18.5. The van der Waals surface area contributed by atoms with Gasteiger partial charge in [0.2, 0.25) is 0 Å². The molecule has 0 aromatic carbocycles. The van der Waals surface area contributed by atoms with Crippen LogP contribution in [0.2, 0.25) is 0 Å². The van der Waals surface area contributed by atoms with Crippen molar-refractivity contribution in [2.75, 3.05) is 6.61 Å². The van der Waals surface area contributed by atoms with Crippen molar-refractivity contribution >= 4 is 11.8 Å². The first-order valence-corrected chi connectivity index (χ1v) is 10.7. The summed E-state index contributed by atoms with van der Waals surface area (Å²) in [5.74, 6) is 2.59. The van der Waals surface area contributed by atoms with Crippen LogP contribution in [0.5, 0.6) is 0 Å². The van der Waals surface area contributed by atoms with Crippen LogP contribution in [0, 0.1) is 34.5 Å². The highest BCUT2D eigenvalue weighted by atomic mass is 16.5. The third-order valence-electron chi connectivity index (χ3n) is 9.00. The molecule has 4 aliphatic carbocycles. The summed E-state index contributed by atoms with van der Waals surface area (Å²) in [4.78, 5) is 23.2. The highest BCUT2D eigenvalue weighted by molar-refractivity contribution is 5.87. The highest BCUT2D eigenvalue weighted by Gasteiger charge is 2.60. The molecule has 4 heteroatoms. The molecule has 26 heavy (non-hydrogen) atoms. The van der Waals surface area contributed by atoms with Crippen molar-refractivity contribution in [3.63, 3.8) is 0 Å². The SMILES string of the molecule is C[C@]12CC[C@@H](OCCC(=O)O)CC1CC[C@@H]1[C@@H]2CC[C@]2(C)C(=O)CC[C@@H]12. The van der Waals surface area contributed by atoms with Gasteiger partial charge in [0.1, 0.15) is 5.78 Å². The molecule has 0 aliphatic heterocycles. The number of aliphatic carboxylic acids is 1. The van der Waals surface area contributed by atoms with Crippen LogP contribution in [0.3, 0.4) is 0 Å². The molecule has 0 radical (unpaired) electrons. The van der Waals surface area contributed by atoms with Gasteiger partial charge in [-0.3, -0.25) is 9.59 Å². The Hall–Kier alpha value is -0.900. The van der Waals surface area contributed by atoms with Gasteiger partial charge in [-0.25, -0.2) is 0 Å². The van der Waals surface area contributed by atoms with E-state index >= 15 is 0 Å². The number of ether oxygens (including phenoxy) is 1. The predicted octanol–water partition coefficient (Wildman–Crippen LogP) is 4.46. The average Bonchev–Trinajstić information content (AvgIpc) is 2.90. The molecule has 0 spiro atoms. The summed E-state index contributed by atoms with van der Waals surface area (Å²) >= 11 is 0. The molecule has 4 nitrogen and oxygen atoms in total. The molecule has 4 fully saturated rings. The number of rotatable bonds is 4. The Kier molecular flexibility index (Phi) is 4.70. The Morgan fingerprint density at radius 3 is 2.69 bits per heavy atom. The maximum Gasteiger partial charge on any atom is 0.305 e. The summed E-state index contributed by atoms with van der Waals surface area (Å²) in [6.07, 6.45) is 10.5. The number of carboxylic acid groups (broad SMARTS) is 1. The van der Waals surface area contributed by atoms with Crippen molar-refractivity contribution in [3.8, 4) is 0 Å². The Labute approximate surface area is 157 Å². The Morgan fingerprint density at radius 2 is 1.92 bits per heavy atom. The fourth-order valence-corrected chi connectivity index (χ4v) is 7.45. The Morgan fingerprint density at radius 1 is 1.12 bits per heavy atom. The number of fused-ring (bicyclic) bond motifs is 5. The molecule has 1 unspecified atom stereocenters. The first-order chi connectivity index (χ1) is 12.3. The van der Waals surface area contributed by atoms with E-state index in [0.717, 1.165) is 43.9 Å². The molecule has 1 N–H and O–H groups in total. The van der Waals surface area contributed by atoms with E-state index in [4.69, 9.17) is 9.84 Å². The molecular formula is C22H34O4. The third-order valence-corrected chi connectivity index (χ3v) is 9.00. The zero-order valence-corrected chi connectivity index (χ0v) is 16.3. The van der Waals surface area contributed by atoms with Gasteiger partial charge < -0.3 is 9.84 Å². The van der Waals surface area contributed by atoms with Gasteiger partial charge in [0.15, 0.2) is 0 Å². The van der Waals surface area contributed by atoms with E-state index in [2.05, 4.69) is 13.8 Å². The first kappa shape index (κ1) is 18.5. The monoisotopic (exact) mass is 362 g/mol. The predicted molar refractivity (Wildman–Crippen MR) is 98.7 cm³/mol. The molecule has 0 bridgehead atoms. The number of carbonyl (C=O) groups excluding carboxylic acids is 1. The van der Waals surface area contributed by atoms with E-state index in [0.29, 0.717) is 29.6 Å². The van der Waals surface area contributed by atoms with Crippen molar-refractivity contribution in [3.05, 3.63) is 0 Å². The van der Waals surface area contributed by atoms with Crippen LogP contribution in [0.1, 0.15) is 78.1 Å². The van der Waals surface area contributed by atoms with Gasteiger partial charge in [0.25, 0.3) is 0 Å². The van der Waals surface area contributed by atoms with Crippen LogP contribution in [0.15, 0.2) is 0 Å². The van der Waals surface area contributed by atoms with Gasteiger partial charge in [-0.2, -0.15) is 0 Å². The van der Waals surface area contributed by atoms with Crippen molar-refractivity contribution < 1.29 is 19.4 Å². The number of hydrogen-bond acceptors (Lipinski definition) is 3. The van der Waals surface area contributed by atoms with E-state index in [1.54, 1.807) is 0 Å². The maximum absolute atomic E-state index is 12.5. The molecule has 0 amide bonds. The number of carbonyl (C=O) groups is 2. The van der Waals surface area contributed by atoms with Gasteiger partial charge in [-0.15, -0.1) is 0 Å². The lowest BCUT2D eigenvalue weighted by Gasteiger charge is -2.60. The van der Waals surface area contributed by atoms with E-state index < -0.39 is 5.97 Å². The standard InChI is InChI=1S/C22H34O4/c1-21-10-7-15(26-12-9-20(24)25)13-14(21)3-4-16-17-5-6-19(23)22(17,2)11-8-18(16)21/h14-18H,3-13H2,1-2H3,(H,24,25)/t14?,15-,16+,17+,18+,21+,22+/m1/s1. The van der Waals surface area contributed by atoms with Crippen LogP contribution in [0.4, 0.5) is 0 Å². The van der Waals surface area contributed by atoms with Gasteiger partial charge in [0, 0.05) is 11.8 Å². The lowest BCUT2D eigenvalue weighted by molar-refractivity contribution is -0.147. The minimum atomic E-state index is -0.775. The molecule has 146 valence electrons. The van der Waals surface area contributed by atoms with Crippen molar-refractivity contribution in [2.45, 2.75) is 84.2 Å². The second-order valence-electron chi connectivity index (χ2n) is 9.99. The lowest BCUT2D eigenvalue weighted by atomic mass is 9.45. The first-order valence-electron chi connectivity index (χ1n) is 10.7. The fourth-order valence-electron chi connectivity index (χ4n) is 7.45. The zero-order valence-electron chi connectivity index (χ0n) is 16.3. The van der Waals surface area contributed by atoms with Gasteiger partial charge in [-0.1, -0.05) is 13.8 Å². The molecule has 0 aromatic heterocycles. The number of carboxylic acids is 1. The quantitative estimate of drug-likeness (QED) is 0.802. The molecule has 4 aliphatic rings. The third kappa shape index (κ3) is 2.83. The molecular weight excluding hydrogens is 328 g/mol. The van der Waals surface area contributed by atoms with Crippen LogP contribution < -0.4 is 0 Å². The van der Waals surface area contributed by atoms with E-state index in [9.17, 15) is 9.59 Å². The van der Waals surface area contributed by atoms with Crippen LogP contribution in [-0.2, 0) is 14.3 Å². The van der Waals surface area contributed by atoms with Crippen molar-refractivity contribution in [1.29, 1.82) is 0 Å². The molecule has 4 rings (SSSR count). The van der Waals surface area contributed by atoms with Crippen LogP contribution >= 0.6 is 0 Å². The largest absolute Gasteiger partial charge is 0.481 e. The summed E-state index contributed by atoms with van der Waals surface area (Å²) < 4.78 is 5.90. The summed E-state index contributed by atoms with van der Waals surface area (Å²) in [7, 11) is 0. The molecule has 0 heterocycles.